The molecule has 0 radical (unpaired) electrons. The summed E-state index contributed by atoms with van der Waals surface area (Å²) >= 11 is 0. The lowest BCUT2D eigenvalue weighted by Gasteiger charge is -2.39. The molecule has 0 aromatic heterocycles. The number of ether oxygens (including phenoxy) is 1. The van der Waals surface area contributed by atoms with E-state index in [9.17, 15) is 4.79 Å². The summed E-state index contributed by atoms with van der Waals surface area (Å²) in [5, 5.41) is 0. The summed E-state index contributed by atoms with van der Waals surface area (Å²) in [6.07, 6.45) is 5.08. The van der Waals surface area contributed by atoms with Crippen LogP contribution in [0, 0.1) is 5.92 Å². The molecule has 1 saturated carbocycles. The van der Waals surface area contributed by atoms with E-state index in [2.05, 4.69) is 18.9 Å². The fourth-order valence-corrected chi connectivity index (χ4v) is 2.95. The van der Waals surface area contributed by atoms with Gasteiger partial charge in [0.25, 0.3) is 0 Å². The van der Waals surface area contributed by atoms with E-state index in [0.29, 0.717) is 25.1 Å². The van der Waals surface area contributed by atoms with Crippen molar-refractivity contribution in [1.29, 1.82) is 0 Å². The third-order valence-electron chi connectivity index (χ3n) is 3.95. The van der Waals surface area contributed by atoms with Crippen LogP contribution in [0.2, 0.25) is 0 Å². The predicted molar refractivity (Wildman–Crippen MR) is 73.3 cm³/mol. The van der Waals surface area contributed by atoms with Gasteiger partial charge < -0.3 is 15.4 Å². The zero-order chi connectivity index (χ0) is 13.8. The first kappa shape index (κ1) is 15.4. The van der Waals surface area contributed by atoms with Crippen molar-refractivity contribution in [3.05, 3.63) is 0 Å². The first-order valence-electron chi connectivity index (χ1n) is 7.05. The summed E-state index contributed by atoms with van der Waals surface area (Å²) in [6.45, 7) is 6.80. The minimum atomic E-state index is -0.915. The largest absolute Gasteiger partial charge is 0.465 e. The zero-order valence-corrected chi connectivity index (χ0v) is 12.2. The lowest BCUT2D eigenvalue weighted by atomic mass is 9.84. The number of nitrogens with two attached hydrogens (primary N) is 1. The number of hydrogen-bond donors (Lipinski definition) is 1. The van der Waals surface area contributed by atoms with Crippen LogP contribution in [0.1, 0.15) is 46.5 Å². The van der Waals surface area contributed by atoms with Crippen LogP contribution in [-0.4, -0.2) is 42.6 Å². The first-order chi connectivity index (χ1) is 8.38. The number of rotatable bonds is 5. The maximum absolute atomic E-state index is 11.8. The molecule has 0 aromatic carbocycles. The molecule has 1 rings (SSSR count). The monoisotopic (exact) mass is 256 g/mol. The maximum Gasteiger partial charge on any atom is 0.327 e. The molecular weight excluding hydrogens is 228 g/mol. The number of likely N-dealkylation sites (N-methyl/N-ethyl adjacent to an activating group) is 1. The summed E-state index contributed by atoms with van der Waals surface area (Å²) in [5.41, 5.74) is 5.17. The Morgan fingerprint density at radius 2 is 2.06 bits per heavy atom. The molecule has 4 heteroatoms. The second-order valence-electron chi connectivity index (χ2n) is 5.88. The molecule has 4 nitrogen and oxygen atoms in total. The average Bonchev–Trinajstić information content (AvgIpc) is 2.29. The van der Waals surface area contributed by atoms with E-state index in [1.807, 2.05) is 0 Å². The van der Waals surface area contributed by atoms with Crippen molar-refractivity contribution in [1.82, 2.24) is 4.90 Å². The molecule has 1 aliphatic rings. The Morgan fingerprint density at radius 3 is 2.61 bits per heavy atom. The third-order valence-corrected chi connectivity index (χ3v) is 3.95. The highest BCUT2D eigenvalue weighted by molar-refractivity contribution is 5.80. The number of carbonyl (C=O) groups is 1. The minimum Gasteiger partial charge on any atom is -0.465 e. The average molecular weight is 256 g/mol. The van der Waals surface area contributed by atoms with E-state index >= 15 is 0 Å². The van der Waals surface area contributed by atoms with Gasteiger partial charge in [0.05, 0.1) is 6.61 Å². The normalized spacial score (nSPS) is 27.9. The van der Waals surface area contributed by atoms with Crippen molar-refractivity contribution in [2.45, 2.75) is 58.0 Å². The molecule has 3 atom stereocenters. The van der Waals surface area contributed by atoms with Crippen molar-refractivity contribution < 1.29 is 9.53 Å². The molecule has 0 bridgehead atoms. The molecule has 0 aromatic rings. The number of hydrogen-bond acceptors (Lipinski definition) is 4. The predicted octanol–water partition coefficient (Wildman–Crippen LogP) is 1.78. The standard InChI is InChI=1S/C14H28N2O2/c1-5-18-13(17)14(3,15)10-16(4)12-9-7-6-8-11(12)2/h11-12H,5-10,15H2,1-4H3. The molecule has 1 aliphatic carbocycles. The van der Waals surface area contributed by atoms with Crippen LogP contribution >= 0.6 is 0 Å². The lowest BCUT2D eigenvalue weighted by Crippen LogP contribution is -2.56. The van der Waals surface area contributed by atoms with Gasteiger partial charge in [-0.3, -0.25) is 4.79 Å². The van der Waals surface area contributed by atoms with Crippen LogP contribution in [0.5, 0.6) is 0 Å². The second-order valence-corrected chi connectivity index (χ2v) is 5.88. The van der Waals surface area contributed by atoms with Crippen LogP contribution in [0.4, 0.5) is 0 Å². The molecule has 0 aliphatic heterocycles. The molecule has 18 heavy (non-hydrogen) atoms. The quantitative estimate of drug-likeness (QED) is 0.762. The van der Waals surface area contributed by atoms with Crippen LogP contribution in [0.25, 0.3) is 0 Å². The Kier molecular flexibility index (Phi) is 5.60. The van der Waals surface area contributed by atoms with Gasteiger partial charge in [0.15, 0.2) is 0 Å². The summed E-state index contributed by atoms with van der Waals surface area (Å²) in [5.74, 6) is 0.377. The third kappa shape index (κ3) is 3.95. The molecule has 2 N–H and O–H groups in total. The van der Waals surface area contributed by atoms with Crippen LogP contribution < -0.4 is 5.73 Å². The number of nitrogens with zero attached hydrogens (tertiary/aromatic N) is 1. The fraction of sp³-hybridized carbons (Fsp3) is 0.929. The van der Waals surface area contributed by atoms with Crippen LogP contribution in [-0.2, 0) is 9.53 Å². The van der Waals surface area contributed by atoms with E-state index in [-0.39, 0.29) is 5.97 Å². The van der Waals surface area contributed by atoms with Gasteiger partial charge in [0.1, 0.15) is 5.54 Å². The molecule has 0 spiro atoms. The van der Waals surface area contributed by atoms with Gasteiger partial charge in [-0.15, -0.1) is 0 Å². The Hall–Kier alpha value is -0.610. The Morgan fingerprint density at radius 1 is 1.44 bits per heavy atom. The van der Waals surface area contributed by atoms with E-state index < -0.39 is 5.54 Å². The van der Waals surface area contributed by atoms with Crippen molar-refractivity contribution in [3.8, 4) is 0 Å². The van der Waals surface area contributed by atoms with Crippen molar-refractivity contribution in [3.63, 3.8) is 0 Å². The zero-order valence-electron chi connectivity index (χ0n) is 12.2. The summed E-state index contributed by atoms with van der Waals surface area (Å²) in [4.78, 5) is 14.0. The second kappa shape index (κ2) is 6.53. The van der Waals surface area contributed by atoms with Gasteiger partial charge >= 0.3 is 5.97 Å². The smallest absolute Gasteiger partial charge is 0.327 e. The highest BCUT2D eigenvalue weighted by Gasteiger charge is 2.35. The molecular formula is C14H28N2O2. The van der Waals surface area contributed by atoms with Crippen molar-refractivity contribution >= 4 is 5.97 Å². The summed E-state index contributed by atoms with van der Waals surface area (Å²) < 4.78 is 5.03. The van der Waals surface area contributed by atoms with Gasteiger partial charge in [-0.05, 0) is 39.7 Å². The van der Waals surface area contributed by atoms with E-state index in [1.165, 1.54) is 25.7 Å². The van der Waals surface area contributed by atoms with Gasteiger partial charge in [-0.25, -0.2) is 0 Å². The van der Waals surface area contributed by atoms with Crippen molar-refractivity contribution in [2.75, 3.05) is 20.2 Å². The molecule has 0 heterocycles. The Balaban J connectivity index is 2.56. The van der Waals surface area contributed by atoms with Gasteiger partial charge in [-0.2, -0.15) is 0 Å². The minimum absolute atomic E-state index is 0.305. The lowest BCUT2D eigenvalue weighted by molar-refractivity contribution is -0.150. The number of carbonyl (C=O) groups excluding carboxylic acids is 1. The molecule has 1 fully saturated rings. The SMILES string of the molecule is CCOC(=O)C(C)(N)CN(C)C1CCCCC1C. The van der Waals surface area contributed by atoms with Gasteiger partial charge in [-0.1, -0.05) is 19.8 Å². The Bertz CT molecular complexity index is 279. The van der Waals surface area contributed by atoms with Crippen LogP contribution in [0.3, 0.4) is 0 Å². The fourth-order valence-electron chi connectivity index (χ4n) is 2.95. The highest BCUT2D eigenvalue weighted by Crippen LogP contribution is 2.28. The molecule has 3 unspecified atom stereocenters. The molecule has 106 valence electrons. The van der Waals surface area contributed by atoms with Crippen LogP contribution in [0.15, 0.2) is 0 Å². The highest BCUT2D eigenvalue weighted by atomic mass is 16.5. The molecule has 0 amide bonds. The maximum atomic E-state index is 11.8. The number of esters is 1. The summed E-state index contributed by atoms with van der Waals surface area (Å²) in [6, 6.07) is 0.538. The Labute approximate surface area is 111 Å². The van der Waals surface area contributed by atoms with Gasteiger partial charge in [0, 0.05) is 12.6 Å². The van der Waals surface area contributed by atoms with E-state index in [4.69, 9.17) is 10.5 Å². The molecule has 0 saturated heterocycles. The first-order valence-corrected chi connectivity index (χ1v) is 7.05. The van der Waals surface area contributed by atoms with E-state index in [1.54, 1.807) is 13.8 Å². The van der Waals surface area contributed by atoms with E-state index in [0.717, 1.165) is 0 Å². The van der Waals surface area contributed by atoms with Crippen molar-refractivity contribution in [2.24, 2.45) is 11.7 Å². The summed E-state index contributed by atoms with van der Waals surface area (Å²) in [7, 11) is 2.07. The van der Waals surface area contributed by atoms with Gasteiger partial charge in [0.2, 0.25) is 0 Å². The topological polar surface area (TPSA) is 55.6 Å².